The number of thiophene rings is 1. The molecule has 0 bridgehead atoms. The topological polar surface area (TPSA) is 62.4 Å². The van der Waals surface area contributed by atoms with Gasteiger partial charge < -0.3 is 9.63 Å². The minimum atomic E-state index is 0.279. The molecule has 1 atom stereocenters. The van der Waals surface area contributed by atoms with Gasteiger partial charge in [-0.25, -0.2) is 0 Å². The van der Waals surface area contributed by atoms with Crippen LogP contribution in [0.2, 0.25) is 0 Å². The normalized spacial score (nSPS) is 20.2. The summed E-state index contributed by atoms with van der Waals surface area (Å²) in [6.45, 7) is 3.04. The summed E-state index contributed by atoms with van der Waals surface area (Å²) in [6.07, 6.45) is 2.03. The molecular formula is C13H17N3O2S. The third-order valence-electron chi connectivity index (χ3n) is 3.48. The smallest absolute Gasteiger partial charge is 0.241 e. The number of aliphatic hydroxyl groups is 1. The van der Waals surface area contributed by atoms with E-state index in [1.807, 2.05) is 17.5 Å². The first-order chi connectivity index (χ1) is 9.35. The summed E-state index contributed by atoms with van der Waals surface area (Å²) in [5.74, 6) is 1.95. The maximum Gasteiger partial charge on any atom is 0.241 e. The molecule has 2 aromatic heterocycles. The molecule has 3 rings (SSSR count). The Morgan fingerprint density at radius 3 is 3.26 bits per heavy atom. The summed E-state index contributed by atoms with van der Waals surface area (Å²) in [6, 6.07) is 3.97. The second-order valence-electron chi connectivity index (χ2n) is 4.89. The van der Waals surface area contributed by atoms with Gasteiger partial charge in [-0.2, -0.15) is 4.98 Å². The van der Waals surface area contributed by atoms with Gasteiger partial charge in [-0.3, -0.25) is 4.90 Å². The van der Waals surface area contributed by atoms with Gasteiger partial charge in [0, 0.05) is 13.2 Å². The highest BCUT2D eigenvalue weighted by molar-refractivity contribution is 7.13. The first-order valence-electron chi connectivity index (χ1n) is 6.55. The van der Waals surface area contributed by atoms with Gasteiger partial charge in [0.25, 0.3) is 0 Å². The lowest BCUT2D eigenvalue weighted by Crippen LogP contribution is -2.20. The van der Waals surface area contributed by atoms with E-state index in [0.717, 1.165) is 30.8 Å². The third kappa shape index (κ3) is 3.02. The number of aliphatic hydroxyl groups excluding tert-OH is 1. The molecule has 0 aromatic carbocycles. The first kappa shape index (κ1) is 12.8. The number of nitrogens with zero attached hydrogens (tertiary/aromatic N) is 3. The van der Waals surface area contributed by atoms with Crippen LogP contribution in [0.25, 0.3) is 10.7 Å². The Bertz CT molecular complexity index is 512. The minimum absolute atomic E-state index is 0.279. The van der Waals surface area contributed by atoms with Crippen molar-refractivity contribution in [2.45, 2.75) is 19.4 Å². The Balaban J connectivity index is 1.59. The van der Waals surface area contributed by atoms with Gasteiger partial charge in [0.15, 0.2) is 0 Å². The van der Waals surface area contributed by atoms with Crippen LogP contribution in [0.1, 0.15) is 18.7 Å². The molecule has 1 fully saturated rings. The van der Waals surface area contributed by atoms with E-state index < -0.39 is 0 Å². The molecule has 5 nitrogen and oxygen atoms in total. The van der Waals surface area contributed by atoms with Crippen LogP contribution in [0.15, 0.2) is 22.0 Å². The highest BCUT2D eigenvalue weighted by Crippen LogP contribution is 2.23. The van der Waals surface area contributed by atoms with Crippen molar-refractivity contribution in [2.75, 3.05) is 19.7 Å². The molecule has 0 spiro atoms. The second-order valence-corrected chi connectivity index (χ2v) is 5.84. The number of aromatic nitrogens is 2. The molecule has 6 heteroatoms. The molecule has 2 aromatic rings. The Hall–Kier alpha value is -1.24. The lowest BCUT2D eigenvalue weighted by atomic mass is 10.1. The maximum atomic E-state index is 8.95. The van der Waals surface area contributed by atoms with Crippen LogP contribution in [0.5, 0.6) is 0 Å². The van der Waals surface area contributed by atoms with Crippen molar-refractivity contribution in [3.8, 4) is 10.7 Å². The molecule has 0 radical (unpaired) electrons. The molecule has 1 unspecified atom stereocenters. The zero-order chi connectivity index (χ0) is 13.1. The van der Waals surface area contributed by atoms with Gasteiger partial charge in [-0.1, -0.05) is 11.2 Å². The van der Waals surface area contributed by atoms with Crippen LogP contribution in [-0.4, -0.2) is 39.8 Å². The highest BCUT2D eigenvalue weighted by atomic mass is 32.1. The molecule has 0 aliphatic carbocycles. The molecule has 19 heavy (non-hydrogen) atoms. The number of likely N-dealkylation sites (tertiary alicyclic amines) is 1. The van der Waals surface area contributed by atoms with Gasteiger partial charge in [-0.05, 0) is 36.8 Å². The van der Waals surface area contributed by atoms with Crippen molar-refractivity contribution in [1.29, 1.82) is 0 Å². The van der Waals surface area contributed by atoms with E-state index >= 15 is 0 Å². The summed E-state index contributed by atoms with van der Waals surface area (Å²) in [5.41, 5.74) is 0. The Kier molecular flexibility index (Phi) is 3.91. The van der Waals surface area contributed by atoms with E-state index in [2.05, 4.69) is 15.0 Å². The number of hydrogen-bond donors (Lipinski definition) is 1. The fourth-order valence-electron chi connectivity index (χ4n) is 2.49. The molecule has 1 saturated heterocycles. The lowest BCUT2D eigenvalue weighted by Gasteiger charge is -2.12. The summed E-state index contributed by atoms with van der Waals surface area (Å²) in [4.78, 5) is 7.78. The van der Waals surface area contributed by atoms with Crippen LogP contribution in [-0.2, 0) is 6.54 Å². The average molecular weight is 279 g/mol. The molecule has 102 valence electrons. The monoisotopic (exact) mass is 279 g/mol. The fourth-order valence-corrected chi connectivity index (χ4v) is 3.14. The van der Waals surface area contributed by atoms with Crippen molar-refractivity contribution in [2.24, 2.45) is 5.92 Å². The van der Waals surface area contributed by atoms with Crippen molar-refractivity contribution in [3.05, 3.63) is 23.4 Å². The van der Waals surface area contributed by atoms with E-state index in [4.69, 9.17) is 9.63 Å². The van der Waals surface area contributed by atoms with Crippen LogP contribution >= 0.6 is 11.3 Å². The van der Waals surface area contributed by atoms with Crippen molar-refractivity contribution >= 4 is 11.3 Å². The van der Waals surface area contributed by atoms with Crippen LogP contribution in [0.4, 0.5) is 0 Å². The van der Waals surface area contributed by atoms with Gasteiger partial charge in [0.2, 0.25) is 11.7 Å². The predicted molar refractivity (Wildman–Crippen MR) is 72.7 cm³/mol. The summed E-state index contributed by atoms with van der Waals surface area (Å²) in [5, 5.41) is 15.0. The zero-order valence-corrected chi connectivity index (χ0v) is 11.5. The van der Waals surface area contributed by atoms with E-state index in [1.54, 1.807) is 11.3 Å². The maximum absolute atomic E-state index is 8.95. The number of rotatable bonds is 5. The molecule has 1 aliphatic heterocycles. The summed E-state index contributed by atoms with van der Waals surface area (Å²) in [7, 11) is 0. The number of hydrogen-bond acceptors (Lipinski definition) is 6. The Labute approximate surface area is 115 Å². The third-order valence-corrected chi connectivity index (χ3v) is 4.34. The Morgan fingerprint density at radius 1 is 1.53 bits per heavy atom. The van der Waals surface area contributed by atoms with Crippen LogP contribution in [0.3, 0.4) is 0 Å². The molecule has 0 amide bonds. The molecule has 0 saturated carbocycles. The van der Waals surface area contributed by atoms with Crippen molar-refractivity contribution in [1.82, 2.24) is 15.0 Å². The quantitative estimate of drug-likeness (QED) is 0.907. The summed E-state index contributed by atoms with van der Waals surface area (Å²) < 4.78 is 5.30. The Morgan fingerprint density at radius 2 is 2.47 bits per heavy atom. The summed E-state index contributed by atoms with van der Waals surface area (Å²) >= 11 is 1.61. The molecule has 1 aliphatic rings. The second kappa shape index (κ2) is 5.81. The largest absolute Gasteiger partial charge is 0.396 e. The van der Waals surface area contributed by atoms with E-state index in [-0.39, 0.29) is 6.61 Å². The molecule has 1 N–H and O–H groups in total. The standard InChI is InChI=1S/C13H17N3O2S/c17-6-4-10-3-5-16(8-10)9-12-14-13(15-18-12)11-2-1-7-19-11/h1-2,7,10,17H,3-6,8-9H2. The van der Waals surface area contributed by atoms with E-state index in [1.165, 1.54) is 0 Å². The fraction of sp³-hybridized carbons (Fsp3) is 0.538. The average Bonchev–Trinajstić information content (AvgIpc) is 3.10. The van der Waals surface area contributed by atoms with Crippen LogP contribution in [0, 0.1) is 5.92 Å². The van der Waals surface area contributed by atoms with E-state index in [0.29, 0.717) is 24.2 Å². The SMILES string of the molecule is OCCC1CCN(Cc2nc(-c3cccs3)no2)C1. The highest BCUT2D eigenvalue weighted by Gasteiger charge is 2.23. The zero-order valence-electron chi connectivity index (χ0n) is 10.7. The predicted octanol–water partition coefficient (Wildman–Crippen LogP) is 2.00. The van der Waals surface area contributed by atoms with Crippen molar-refractivity contribution in [3.63, 3.8) is 0 Å². The lowest BCUT2D eigenvalue weighted by molar-refractivity contribution is 0.236. The van der Waals surface area contributed by atoms with Gasteiger partial charge in [0.1, 0.15) is 0 Å². The van der Waals surface area contributed by atoms with Crippen LogP contribution < -0.4 is 0 Å². The van der Waals surface area contributed by atoms with Gasteiger partial charge >= 0.3 is 0 Å². The first-order valence-corrected chi connectivity index (χ1v) is 7.43. The molecule has 3 heterocycles. The van der Waals surface area contributed by atoms with Gasteiger partial charge in [-0.15, -0.1) is 11.3 Å². The van der Waals surface area contributed by atoms with Gasteiger partial charge in [0.05, 0.1) is 11.4 Å². The molecular weight excluding hydrogens is 262 g/mol. The minimum Gasteiger partial charge on any atom is -0.396 e. The van der Waals surface area contributed by atoms with Crippen molar-refractivity contribution < 1.29 is 9.63 Å². The van der Waals surface area contributed by atoms with E-state index in [9.17, 15) is 0 Å².